The van der Waals surface area contributed by atoms with E-state index in [2.05, 4.69) is 5.10 Å². The molecule has 0 saturated carbocycles. The second-order valence-corrected chi connectivity index (χ2v) is 6.93. The monoisotopic (exact) mass is 401 g/mol. The first kappa shape index (κ1) is 20.7. The number of fused-ring (bicyclic) bond motifs is 1. The lowest BCUT2D eigenvalue weighted by atomic mass is 10.1. The number of carbonyl (C=O) groups excluding carboxylic acids is 1. The third kappa shape index (κ3) is 4.21. The summed E-state index contributed by atoms with van der Waals surface area (Å²) >= 11 is 0. The maximum Gasteiger partial charge on any atom is 0.294 e. The fourth-order valence-corrected chi connectivity index (χ4v) is 3.33. The van der Waals surface area contributed by atoms with Gasteiger partial charge in [0.1, 0.15) is 0 Å². The Morgan fingerprint density at radius 3 is 2.59 bits per heavy atom. The van der Waals surface area contributed by atoms with Crippen molar-refractivity contribution in [3.63, 3.8) is 0 Å². The van der Waals surface area contributed by atoms with Gasteiger partial charge >= 0.3 is 0 Å². The SMILES string of the molecule is CCCCn1ncc2c(c1=O)N(CCc1ccc(OC)c(OC)c1)C(=O)C(C)O2. The highest BCUT2D eigenvalue weighted by atomic mass is 16.5. The molecule has 8 heteroatoms. The zero-order valence-corrected chi connectivity index (χ0v) is 17.3. The fraction of sp³-hybridized carbons (Fsp3) is 0.476. The summed E-state index contributed by atoms with van der Waals surface area (Å²) in [6.07, 6.45) is 3.19. The lowest BCUT2D eigenvalue weighted by molar-refractivity contribution is -0.125. The molecule has 0 radical (unpaired) electrons. The van der Waals surface area contributed by atoms with Crippen LogP contribution in [0.2, 0.25) is 0 Å². The molecule has 1 aliphatic heterocycles. The summed E-state index contributed by atoms with van der Waals surface area (Å²) in [4.78, 5) is 27.3. The lowest BCUT2D eigenvalue weighted by Crippen LogP contribution is -2.48. The molecule has 0 spiro atoms. The summed E-state index contributed by atoms with van der Waals surface area (Å²) in [7, 11) is 3.16. The molecule has 1 amide bonds. The molecule has 8 nitrogen and oxygen atoms in total. The number of hydrogen-bond donors (Lipinski definition) is 0. The lowest BCUT2D eigenvalue weighted by Gasteiger charge is -2.32. The van der Waals surface area contributed by atoms with Crippen molar-refractivity contribution >= 4 is 11.6 Å². The van der Waals surface area contributed by atoms with E-state index in [1.165, 1.54) is 15.8 Å². The normalized spacial score (nSPS) is 15.7. The van der Waals surface area contributed by atoms with Gasteiger partial charge in [-0.05, 0) is 37.5 Å². The van der Waals surface area contributed by atoms with Crippen LogP contribution in [0.1, 0.15) is 32.3 Å². The molecule has 156 valence electrons. The smallest absolute Gasteiger partial charge is 0.294 e. The molecule has 0 bridgehead atoms. The van der Waals surface area contributed by atoms with Crippen molar-refractivity contribution in [3.05, 3.63) is 40.3 Å². The van der Waals surface area contributed by atoms with Crippen LogP contribution >= 0.6 is 0 Å². The molecule has 0 aliphatic carbocycles. The number of carbonyl (C=O) groups is 1. The second kappa shape index (κ2) is 8.98. The van der Waals surface area contributed by atoms with Crippen LogP contribution in [0.25, 0.3) is 0 Å². The second-order valence-electron chi connectivity index (χ2n) is 6.93. The average molecular weight is 401 g/mol. The first-order valence-electron chi connectivity index (χ1n) is 9.79. The van der Waals surface area contributed by atoms with Crippen LogP contribution in [0.4, 0.5) is 5.69 Å². The highest BCUT2D eigenvalue weighted by Gasteiger charge is 2.34. The van der Waals surface area contributed by atoms with Gasteiger partial charge in [0.25, 0.3) is 11.5 Å². The summed E-state index contributed by atoms with van der Waals surface area (Å²) in [5.41, 5.74) is 0.930. The van der Waals surface area contributed by atoms with E-state index in [1.807, 2.05) is 25.1 Å². The Morgan fingerprint density at radius 1 is 1.14 bits per heavy atom. The number of hydrogen-bond acceptors (Lipinski definition) is 6. The third-order valence-corrected chi connectivity index (χ3v) is 4.97. The quantitative estimate of drug-likeness (QED) is 0.676. The molecular formula is C21H27N3O5. The number of rotatable bonds is 8. The molecule has 2 aromatic rings. The predicted octanol–water partition coefficient (Wildman–Crippen LogP) is 2.42. The molecule has 1 unspecified atom stereocenters. The van der Waals surface area contributed by atoms with Gasteiger partial charge < -0.3 is 19.1 Å². The van der Waals surface area contributed by atoms with Crippen molar-refractivity contribution in [1.29, 1.82) is 0 Å². The van der Waals surface area contributed by atoms with Crippen LogP contribution in [-0.4, -0.2) is 42.6 Å². The fourth-order valence-electron chi connectivity index (χ4n) is 3.33. The number of amides is 1. The first-order chi connectivity index (χ1) is 14.0. The number of unbranched alkanes of at least 4 members (excludes halogenated alkanes) is 1. The standard InChI is InChI=1S/C21H27N3O5/c1-5-6-10-24-21(26)19-18(13-22-24)29-14(2)20(25)23(19)11-9-15-7-8-16(27-3)17(12-15)28-4/h7-8,12-14H,5-6,9-11H2,1-4H3. The van der Waals surface area contributed by atoms with E-state index in [0.29, 0.717) is 36.8 Å². The van der Waals surface area contributed by atoms with Gasteiger partial charge in [0.2, 0.25) is 0 Å². The minimum atomic E-state index is -0.666. The van der Waals surface area contributed by atoms with E-state index in [0.717, 1.165) is 18.4 Å². The minimum Gasteiger partial charge on any atom is -0.493 e. The van der Waals surface area contributed by atoms with Crippen LogP contribution in [0.3, 0.4) is 0 Å². The molecule has 1 aromatic heterocycles. The Morgan fingerprint density at radius 2 is 1.90 bits per heavy atom. The van der Waals surface area contributed by atoms with Gasteiger partial charge in [-0.15, -0.1) is 0 Å². The third-order valence-electron chi connectivity index (χ3n) is 4.97. The number of methoxy groups -OCH3 is 2. The maximum absolute atomic E-state index is 13.0. The zero-order chi connectivity index (χ0) is 21.0. The molecule has 0 saturated heterocycles. The van der Waals surface area contributed by atoms with Crippen LogP contribution in [0, 0.1) is 0 Å². The topological polar surface area (TPSA) is 82.9 Å². The number of nitrogens with zero attached hydrogens (tertiary/aromatic N) is 3. The van der Waals surface area contributed by atoms with Gasteiger partial charge in [0.05, 0.1) is 20.4 Å². The van der Waals surface area contributed by atoms with Crippen molar-refractivity contribution in [2.75, 3.05) is 25.7 Å². The van der Waals surface area contributed by atoms with E-state index in [-0.39, 0.29) is 17.2 Å². The van der Waals surface area contributed by atoms with E-state index < -0.39 is 6.10 Å². The summed E-state index contributed by atoms with van der Waals surface area (Å²) < 4.78 is 17.6. The van der Waals surface area contributed by atoms with Crippen LogP contribution in [-0.2, 0) is 17.8 Å². The Hall–Kier alpha value is -3.03. The maximum atomic E-state index is 13.0. The van der Waals surface area contributed by atoms with Gasteiger partial charge in [-0.3, -0.25) is 9.59 Å². The van der Waals surface area contributed by atoms with Crippen LogP contribution < -0.4 is 24.7 Å². The van der Waals surface area contributed by atoms with E-state index in [4.69, 9.17) is 14.2 Å². The first-order valence-corrected chi connectivity index (χ1v) is 9.79. The molecule has 1 atom stereocenters. The van der Waals surface area contributed by atoms with Gasteiger partial charge in [0.15, 0.2) is 29.0 Å². The van der Waals surface area contributed by atoms with Gasteiger partial charge in [-0.1, -0.05) is 19.4 Å². The van der Waals surface area contributed by atoms with Gasteiger partial charge in [-0.25, -0.2) is 4.68 Å². The van der Waals surface area contributed by atoms with Gasteiger partial charge in [-0.2, -0.15) is 5.10 Å². The number of anilines is 1. The van der Waals surface area contributed by atoms with E-state index >= 15 is 0 Å². The highest BCUT2D eigenvalue weighted by Crippen LogP contribution is 2.31. The molecule has 0 N–H and O–H groups in total. The Labute approximate surface area is 170 Å². The molecule has 3 rings (SSSR count). The molecule has 2 heterocycles. The van der Waals surface area contributed by atoms with Gasteiger partial charge in [0, 0.05) is 13.1 Å². The summed E-state index contributed by atoms with van der Waals surface area (Å²) in [6.45, 7) is 4.59. The highest BCUT2D eigenvalue weighted by molar-refractivity contribution is 5.99. The largest absolute Gasteiger partial charge is 0.493 e. The molecular weight excluding hydrogens is 374 g/mol. The van der Waals surface area contributed by atoms with E-state index in [9.17, 15) is 9.59 Å². The summed E-state index contributed by atoms with van der Waals surface area (Å²) in [5.74, 6) is 1.38. The Bertz CT molecular complexity index is 940. The average Bonchev–Trinajstić information content (AvgIpc) is 2.73. The van der Waals surface area contributed by atoms with Crippen molar-refractivity contribution in [1.82, 2.24) is 9.78 Å². The summed E-state index contributed by atoms with van der Waals surface area (Å²) in [6, 6.07) is 5.62. The van der Waals surface area contributed by atoms with Crippen molar-refractivity contribution in [3.8, 4) is 17.2 Å². The molecule has 1 aliphatic rings. The summed E-state index contributed by atoms with van der Waals surface area (Å²) in [5, 5.41) is 4.19. The molecule has 29 heavy (non-hydrogen) atoms. The Balaban J connectivity index is 1.89. The number of aromatic nitrogens is 2. The van der Waals surface area contributed by atoms with Crippen LogP contribution in [0.15, 0.2) is 29.2 Å². The minimum absolute atomic E-state index is 0.233. The number of aryl methyl sites for hydroxylation is 1. The number of benzene rings is 1. The van der Waals surface area contributed by atoms with Crippen molar-refractivity contribution < 1.29 is 19.0 Å². The van der Waals surface area contributed by atoms with Crippen molar-refractivity contribution in [2.24, 2.45) is 0 Å². The van der Waals surface area contributed by atoms with Crippen molar-refractivity contribution in [2.45, 2.75) is 45.8 Å². The van der Waals surface area contributed by atoms with E-state index in [1.54, 1.807) is 21.1 Å². The molecule has 0 fully saturated rings. The van der Waals surface area contributed by atoms with Crippen LogP contribution in [0.5, 0.6) is 17.2 Å². The Kier molecular flexibility index (Phi) is 6.41. The predicted molar refractivity (Wildman–Crippen MR) is 109 cm³/mol. The molecule has 1 aromatic carbocycles. The zero-order valence-electron chi connectivity index (χ0n) is 17.3. The number of ether oxygens (including phenoxy) is 3.